The zero-order valence-electron chi connectivity index (χ0n) is 16.9. The number of benzene rings is 1. The first-order valence-corrected chi connectivity index (χ1v) is 12.0. The van der Waals surface area contributed by atoms with E-state index in [0.29, 0.717) is 12.3 Å². The highest BCUT2D eigenvalue weighted by Gasteiger charge is 2.45. The first-order valence-electron chi connectivity index (χ1n) is 9.08. The summed E-state index contributed by atoms with van der Waals surface area (Å²) in [5, 5.41) is 0.0777. The molecule has 0 radical (unpaired) electrons. The molecule has 26 heavy (non-hydrogen) atoms. The molecule has 0 N–H and O–H groups in total. The van der Waals surface area contributed by atoms with Crippen molar-refractivity contribution in [1.29, 1.82) is 0 Å². The number of nitrogens with zero attached hydrogens (tertiary/aromatic N) is 1. The van der Waals surface area contributed by atoms with Crippen LogP contribution in [0.1, 0.15) is 33.3 Å². The van der Waals surface area contributed by atoms with Crippen LogP contribution < -0.4 is 0 Å². The second-order valence-electron chi connectivity index (χ2n) is 8.32. The minimum absolute atomic E-state index is 0.0777. The summed E-state index contributed by atoms with van der Waals surface area (Å²) in [6.45, 7) is 12.9. The summed E-state index contributed by atoms with van der Waals surface area (Å²) in [6, 6.07) is 9.27. The van der Waals surface area contributed by atoms with Crippen molar-refractivity contribution in [1.82, 2.24) is 0 Å². The summed E-state index contributed by atoms with van der Waals surface area (Å²) in [6.07, 6.45) is -0.162. The van der Waals surface area contributed by atoms with Crippen LogP contribution in [0.4, 0.5) is 0 Å². The molecule has 2 rings (SSSR count). The van der Waals surface area contributed by atoms with Crippen LogP contribution in [0.2, 0.25) is 18.1 Å². The van der Waals surface area contributed by atoms with Gasteiger partial charge in [-0.25, -0.2) is 9.79 Å². The van der Waals surface area contributed by atoms with Gasteiger partial charge in [0.2, 0.25) is 0 Å². The molecule has 0 unspecified atom stereocenters. The fourth-order valence-electron chi connectivity index (χ4n) is 2.71. The highest BCUT2D eigenvalue weighted by atomic mass is 28.4. The molecule has 1 aliphatic heterocycles. The number of esters is 1. The molecule has 1 aromatic rings. The van der Waals surface area contributed by atoms with Crippen molar-refractivity contribution in [3.63, 3.8) is 0 Å². The lowest BCUT2D eigenvalue weighted by Gasteiger charge is -2.39. The first-order chi connectivity index (χ1) is 12.0. The molecule has 144 valence electrons. The average Bonchev–Trinajstić information content (AvgIpc) is 2.97. The van der Waals surface area contributed by atoms with E-state index in [1.165, 1.54) is 7.11 Å². The molecule has 1 heterocycles. The van der Waals surface area contributed by atoms with Gasteiger partial charge in [0.15, 0.2) is 26.4 Å². The van der Waals surface area contributed by atoms with E-state index in [-0.39, 0.29) is 17.1 Å². The maximum Gasteiger partial charge on any atom is 0.334 e. The van der Waals surface area contributed by atoms with E-state index in [2.05, 4.69) is 38.9 Å². The maximum absolute atomic E-state index is 12.2. The molecule has 0 saturated heterocycles. The van der Waals surface area contributed by atoms with Crippen LogP contribution in [0.15, 0.2) is 35.3 Å². The van der Waals surface area contributed by atoms with Gasteiger partial charge >= 0.3 is 5.97 Å². The molecule has 6 heteroatoms. The molecule has 0 aromatic heterocycles. The van der Waals surface area contributed by atoms with Crippen LogP contribution in [0, 0.1) is 0 Å². The van der Waals surface area contributed by atoms with Gasteiger partial charge in [0, 0.05) is 6.42 Å². The lowest BCUT2D eigenvalue weighted by molar-refractivity contribution is -0.145. The summed E-state index contributed by atoms with van der Waals surface area (Å²) < 4.78 is 17.5. The van der Waals surface area contributed by atoms with Crippen LogP contribution >= 0.6 is 0 Å². The van der Waals surface area contributed by atoms with Gasteiger partial charge in [-0.2, -0.15) is 0 Å². The lowest BCUT2D eigenvalue weighted by atomic mass is 10.1. The molecule has 0 saturated carbocycles. The summed E-state index contributed by atoms with van der Waals surface area (Å²) in [5.74, 6) is 0.172. The zero-order valence-corrected chi connectivity index (χ0v) is 17.9. The SMILES string of the molecule is COC(=O)[C@@H]1N=C(Cc2ccccc2)O[C@H]1[C@H](C)O[Si](C)(C)C(C)(C)C. The Bertz CT molecular complexity index is 652. The Morgan fingerprint density at radius 2 is 1.88 bits per heavy atom. The van der Waals surface area contributed by atoms with Crippen molar-refractivity contribution in [2.75, 3.05) is 7.11 Å². The molecule has 5 nitrogen and oxygen atoms in total. The molecule has 0 aliphatic carbocycles. The molecular formula is C20H31NO4Si. The topological polar surface area (TPSA) is 57.1 Å². The molecular weight excluding hydrogens is 346 g/mol. The van der Waals surface area contributed by atoms with Crippen molar-refractivity contribution in [3.05, 3.63) is 35.9 Å². The number of carbonyl (C=O) groups is 1. The Morgan fingerprint density at radius 1 is 1.27 bits per heavy atom. The molecule has 1 aromatic carbocycles. The van der Waals surface area contributed by atoms with Gasteiger partial charge in [-0.15, -0.1) is 0 Å². The highest BCUT2D eigenvalue weighted by Crippen LogP contribution is 2.38. The number of methoxy groups -OCH3 is 1. The summed E-state index contributed by atoms with van der Waals surface area (Å²) in [5.41, 5.74) is 1.09. The van der Waals surface area contributed by atoms with Crippen molar-refractivity contribution in [3.8, 4) is 0 Å². The second-order valence-corrected chi connectivity index (χ2v) is 13.1. The molecule has 3 atom stereocenters. The monoisotopic (exact) mass is 377 g/mol. The minimum atomic E-state index is -1.99. The van der Waals surface area contributed by atoms with Crippen molar-refractivity contribution < 1.29 is 18.7 Å². The summed E-state index contributed by atoms with van der Waals surface area (Å²) in [7, 11) is -0.611. The number of carbonyl (C=O) groups excluding carboxylic acids is 1. The molecule has 1 aliphatic rings. The van der Waals surface area contributed by atoms with E-state index in [1.807, 2.05) is 37.3 Å². The van der Waals surface area contributed by atoms with Crippen molar-refractivity contribution in [2.45, 2.75) is 70.5 Å². The molecule has 0 fully saturated rings. The van der Waals surface area contributed by atoms with Gasteiger partial charge < -0.3 is 13.9 Å². The van der Waals surface area contributed by atoms with Gasteiger partial charge in [0.05, 0.1) is 13.2 Å². The summed E-state index contributed by atoms with van der Waals surface area (Å²) >= 11 is 0. The van der Waals surface area contributed by atoms with Crippen molar-refractivity contribution in [2.24, 2.45) is 4.99 Å². The standard InChI is InChI=1S/C20H31NO4Si/c1-14(25-26(6,7)20(2,3)4)18-17(19(22)23-5)21-16(24-18)13-15-11-9-8-10-12-15/h8-12,14,17-18H,13H2,1-7H3/t14-,17+,18-/m0/s1. The Hall–Kier alpha value is -1.66. The van der Waals surface area contributed by atoms with E-state index in [1.54, 1.807) is 0 Å². The third-order valence-corrected chi connectivity index (χ3v) is 9.83. The van der Waals surface area contributed by atoms with Gasteiger partial charge in [0.1, 0.15) is 0 Å². The predicted octanol–water partition coefficient (Wildman–Crippen LogP) is 3.98. The zero-order chi connectivity index (χ0) is 19.5. The number of ether oxygens (including phenoxy) is 2. The fourth-order valence-corrected chi connectivity index (χ4v) is 4.12. The number of hydrogen-bond acceptors (Lipinski definition) is 5. The number of rotatable bonds is 6. The van der Waals surface area contributed by atoms with E-state index < -0.39 is 20.5 Å². The lowest BCUT2D eigenvalue weighted by Crippen LogP contribution is -2.49. The third kappa shape index (κ3) is 4.74. The highest BCUT2D eigenvalue weighted by molar-refractivity contribution is 6.74. The van der Waals surface area contributed by atoms with E-state index in [4.69, 9.17) is 13.9 Å². The average molecular weight is 378 g/mol. The van der Waals surface area contributed by atoms with Gasteiger partial charge in [0.25, 0.3) is 0 Å². The van der Waals surface area contributed by atoms with Gasteiger partial charge in [-0.1, -0.05) is 51.1 Å². The Kier molecular flexibility index (Phi) is 6.29. The minimum Gasteiger partial charge on any atom is -0.472 e. The first kappa shape index (κ1) is 20.6. The largest absolute Gasteiger partial charge is 0.472 e. The maximum atomic E-state index is 12.2. The van der Waals surface area contributed by atoms with E-state index in [9.17, 15) is 4.79 Å². The van der Waals surface area contributed by atoms with Crippen LogP contribution in [0.5, 0.6) is 0 Å². The van der Waals surface area contributed by atoms with Crippen molar-refractivity contribution >= 4 is 20.2 Å². The van der Waals surface area contributed by atoms with Gasteiger partial charge in [-0.05, 0) is 30.6 Å². The van der Waals surface area contributed by atoms with E-state index >= 15 is 0 Å². The Morgan fingerprint density at radius 3 is 2.42 bits per heavy atom. The molecule has 0 amide bonds. The Balaban J connectivity index is 2.15. The molecule has 0 spiro atoms. The summed E-state index contributed by atoms with van der Waals surface area (Å²) in [4.78, 5) is 16.7. The third-order valence-electron chi connectivity index (χ3n) is 5.26. The quantitative estimate of drug-likeness (QED) is 0.556. The van der Waals surface area contributed by atoms with E-state index in [0.717, 1.165) is 5.56 Å². The second kappa shape index (κ2) is 7.92. The molecule has 0 bridgehead atoms. The smallest absolute Gasteiger partial charge is 0.334 e. The predicted molar refractivity (Wildman–Crippen MR) is 106 cm³/mol. The Labute approximate surface area is 157 Å². The normalized spacial score (nSPS) is 21.7. The van der Waals surface area contributed by atoms with Gasteiger partial charge in [-0.3, -0.25) is 0 Å². The fraction of sp³-hybridized carbons (Fsp3) is 0.600. The van der Waals surface area contributed by atoms with Crippen LogP contribution in [0.25, 0.3) is 0 Å². The van der Waals surface area contributed by atoms with Crippen LogP contribution in [0.3, 0.4) is 0 Å². The number of aliphatic imine (C=N–C) groups is 1. The van der Waals surface area contributed by atoms with Crippen LogP contribution in [-0.2, 0) is 25.1 Å². The van der Waals surface area contributed by atoms with Crippen LogP contribution in [-0.4, -0.2) is 45.5 Å². The number of hydrogen-bond donors (Lipinski definition) is 0.